The van der Waals surface area contributed by atoms with Gasteiger partial charge in [0.1, 0.15) is 11.3 Å². The number of aromatic nitrogens is 2. The van der Waals surface area contributed by atoms with E-state index in [1.54, 1.807) is 0 Å². The first-order valence-corrected chi connectivity index (χ1v) is 11.5. The molecule has 3 aromatic carbocycles. The second-order valence-corrected chi connectivity index (χ2v) is 8.73. The fraction of sp³-hybridized carbons (Fsp3) is 0.179. The zero-order chi connectivity index (χ0) is 23.1. The van der Waals surface area contributed by atoms with Crippen LogP contribution in [0.25, 0.3) is 33.2 Å². The minimum atomic E-state index is 0.0725. The summed E-state index contributed by atoms with van der Waals surface area (Å²) in [7, 11) is 0. The highest BCUT2D eigenvalue weighted by Gasteiger charge is 2.30. The van der Waals surface area contributed by atoms with Crippen LogP contribution in [0.3, 0.4) is 0 Å². The Labute approximate surface area is 197 Å². The average molecular weight is 449 g/mol. The molecule has 6 heteroatoms. The Morgan fingerprint density at radius 1 is 0.882 bits per heavy atom. The Morgan fingerprint density at radius 3 is 2.41 bits per heavy atom. The van der Waals surface area contributed by atoms with Gasteiger partial charge in [0.2, 0.25) is 0 Å². The Kier molecular flexibility index (Phi) is 4.99. The van der Waals surface area contributed by atoms with Gasteiger partial charge in [-0.25, -0.2) is 0 Å². The third-order valence-electron chi connectivity index (χ3n) is 6.53. The summed E-state index contributed by atoms with van der Waals surface area (Å²) in [5.74, 6) is 1.63. The molecule has 0 bridgehead atoms. The van der Waals surface area contributed by atoms with E-state index in [9.17, 15) is 4.79 Å². The summed E-state index contributed by atoms with van der Waals surface area (Å²) in [5.41, 5.74) is 2.30. The number of rotatable bonds is 3. The number of carbonyl (C=O) groups is 1. The van der Waals surface area contributed by atoms with Gasteiger partial charge in [0.15, 0.2) is 11.6 Å². The number of hydrogen-bond donors (Lipinski definition) is 0. The Balaban J connectivity index is 1.33. The Morgan fingerprint density at radius 2 is 1.62 bits per heavy atom. The van der Waals surface area contributed by atoms with Crippen molar-refractivity contribution >= 4 is 33.5 Å². The first-order valence-electron chi connectivity index (χ1n) is 11.5. The molecule has 6 rings (SSSR count). The summed E-state index contributed by atoms with van der Waals surface area (Å²) in [6.07, 6.45) is 0. The first-order chi connectivity index (χ1) is 16.7. The van der Waals surface area contributed by atoms with Crippen molar-refractivity contribution in [2.75, 3.05) is 24.5 Å². The standard InChI is InChI=1S/C28H24N4O2/c1-19-18-31(28(33)20-9-3-2-4-10-20)15-16-32(19)27-23-13-7-6-12-22(23)26(29-30-27)25-17-21-11-5-8-14-24(21)34-25/h2-14,17,19H,15-16,18H2,1H3/t19-/m1/s1. The van der Waals surface area contributed by atoms with Crippen LogP contribution in [-0.4, -0.2) is 46.7 Å². The molecule has 2 aromatic heterocycles. The Bertz CT molecular complexity index is 1460. The minimum absolute atomic E-state index is 0.0725. The zero-order valence-corrected chi connectivity index (χ0v) is 18.9. The van der Waals surface area contributed by atoms with Gasteiger partial charge in [0.25, 0.3) is 5.91 Å². The molecule has 0 spiro atoms. The molecule has 0 radical (unpaired) electrons. The molecule has 5 aromatic rings. The Hall–Kier alpha value is -4.19. The fourth-order valence-corrected chi connectivity index (χ4v) is 4.80. The van der Waals surface area contributed by atoms with Gasteiger partial charge in [0, 0.05) is 47.4 Å². The van der Waals surface area contributed by atoms with Crippen molar-refractivity contribution in [1.82, 2.24) is 15.1 Å². The predicted octanol–water partition coefficient (Wildman–Crippen LogP) is 5.39. The highest BCUT2D eigenvalue weighted by molar-refractivity contribution is 6.01. The molecule has 168 valence electrons. The van der Waals surface area contributed by atoms with Crippen molar-refractivity contribution in [1.29, 1.82) is 0 Å². The smallest absolute Gasteiger partial charge is 0.253 e. The van der Waals surface area contributed by atoms with Crippen molar-refractivity contribution in [2.45, 2.75) is 13.0 Å². The molecule has 1 aliphatic rings. The molecule has 3 heterocycles. The van der Waals surface area contributed by atoms with Gasteiger partial charge < -0.3 is 14.2 Å². The molecule has 1 amide bonds. The lowest BCUT2D eigenvalue weighted by Gasteiger charge is -2.40. The van der Waals surface area contributed by atoms with Gasteiger partial charge in [-0.2, -0.15) is 0 Å². The number of nitrogens with zero attached hydrogens (tertiary/aromatic N) is 4. The normalized spacial score (nSPS) is 16.3. The van der Waals surface area contributed by atoms with E-state index in [-0.39, 0.29) is 11.9 Å². The number of furan rings is 1. The van der Waals surface area contributed by atoms with Crippen LogP contribution in [0.1, 0.15) is 17.3 Å². The second-order valence-electron chi connectivity index (χ2n) is 8.73. The lowest BCUT2D eigenvalue weighted by molar-refractivity contribution is 0.0726. The van der Waals surface area contributed by atoms with Gasteiger partial charge in [0.05, 0.1) is 0 Å². The summed E-state index contributed by atoms with van der Waals surface area (Å²) in [4.78, 5) is 17.1. The molecule has 34 heavy (non-hydrogen) atoms. The maximum Gasteiger partial charge on any atom is 0.253 e. The molecule has 1 aliphatic heterocycles. The second kappa shape index (κ2) is 8.30. The SMILES string of the molecule is C[C@@H]1CN(C(=O)c2ccccc2)CCN1c1nnc(-c2cc3ccccc3o2)c2ccccc12. The molecule has 1 atom stereocenters. The number of benzene rings is 3. The largest absolute Gasteiger partial charge is 0.454 e. The number of para-hydroxylation sites is 1. The summed E-state index contributed by atoms with van der Waals surface area (Å²) in [6, 6.07) is 27.7. The lowest BCUT2D eigenvalue weighted by Crippen LogP contribution is -2.54. The highest BCUT2D eigenvalue weighted by Crippen LogP contribution is 2.35. The summed E-state index contributed by atoms with van der Waals surface area (Å²) in [6.45, 7) is 4.10. The van der Waals surface area contributed by atoms with Crippen molar-refractivity contribution in [3.05, 3.63) is 90.5 Å². The quantitative estimate of drug-likeness (QED) is 0.370. The van der Waals surface area contributed by atoms with Gasteiger partial charge in [-0.1, -0.05) is 60.7 Å². The van der Waals surface area contributed by atoms with Crippen LogP contribution in [0, 0.1) is 0 Å². The number of hydrogen-bond acceptors (Lipinski definition) is 5. The van der Waals surface area contributed by atoms with Crippen molar-refractivity contribution < 1.29 is 9.21 Å². The van der Waals surface area contributed by atoms with E-state index < -0.39 is 0 Å². The third kappa shape index (κ3) is 3.48. The molecule has 6 nitrogen and oxygen atoms in total. The van der Waals surface area contributed by atoms with Crippen LogP contribution >= 0.6 is 0 Å². The van der Waals surface area contributed by atoms with Gasteiger partial charge in [-0.05, 0) is 31.2 Å². The van der Waals surface area contributed by atoms with Crippen LogP contribution in [0.2, 0.25) is 0 Å². The van der Waals surface area contributed by atoms with E-state index in [1.165, 1.54) is 0 Å². The van der Waals surface area contributed by atoms with E-state index in [4.69, 9.17) is 4.42 Å². The maximum atomic E-state index is 12.9. The molecule has 0 unspecified atom stereocenters. The van der Waals surface area contributed by atoms with Gasteiger partial charge in [-0.15, -0.1) is 10.2 Å². The predicted molar refractivity (Wildman–Crippen MR) is 134 cm³/mol. The van der Waals surface area contributed by atoms with Crippen LogP contribution in [0.5, 0.6) is 0 Å². The molecule has 0 aliphatic carbocycles. The minimum Gasteiger partial charge on any atom is -0.454 e. The van der Waals surface area contributed by atoms with Crippen molar-refractivity contribution in [3.63, 3.8) is 0 Å². The van der Waals surface area contributed by atoms with E-state index in [0.29, 0.717) is 25.4 Å². The van der Waals surface area contributed by atoms with Crippen LogP contribution in [0.15, 0.2) is 89.3 Å². The van der Waals surface area contributed by atoms with Crippen LogP contribution in [0.4, 0.5) is 5.82 Å². The molecular weight excluding hydrogens is 424 g/mol. The fourth-order valence-electron chi connectivity index (χ4n) is 4.80. The lowest BCUT2D eigenvalue weighted by atomic mass is 10.1. The van der Waals surface area contributed by atoms with Crippen LogP contribution in [-0.2, 0) is 0 Å². The molecule has 1 saturated heterocycles. The molecule has 0 N–H and O–H groups in total. The number of carbonyl (C=O) groups excluding carboxylic acids is 1. The number of amides is 1. The zero-order valence-electron chi connectivity index (χ0n) is 18.9. The number of fused-ring (bicyclic) bond motifs is 2. The van der Waals surface area contributed by atoms with E-state index in [0.717, 1.165) is 38.8 Å². The third-order valence-corrected chi connectivity index (χ3v) is 6.53. The van der Waals surface area contributed by atoms with Crippen LogP contribution < -0.4 is 4.90 Å². The first kappa shape index (κ1) is 20.4. The van der Waals surface area contributed by atoms with E-state index >= 15 is 0 Å². The van der Waals surface area contributed by atoms with Gasteiger partial charge >= 0.3 is 0 Å². The highest BCUT2D eigenvalue weighted by atomic mass is 16.3. The number of piperazine rings is 1. The topological polar surface area (TPSA) is 62.5 Å². The average Bonchev–Trinajstić information content (AvgIpc) is 3.32. The van der Waals surface area contributed by atoms with Crippen molar-refractivity contribution in [3.8, 4) is 11.5 Å². The summed E-state index contributed by atoms with van der Waals surface area (Å²) >= 11 is 0. The maximum absolute atomic E-state index is 12.9. The monoisotopic (exact) mass is 448 g/mol. The summed E-state index contributed by atoms with van der Waals surface area (Å²) in [5, 5.41) is 12.4. The van der Waals surface area contributed by atoms with Gasteiger partial charge in [-0.3, -0.25) is 4.79 Å². The molecule has 0 saturated carbocycles. The van der Waals surface area contributed by atoms with E-state index in [2.05, 4.69) is 34.2 Å². The number of anilines is 1. The van der Waals surface area contributed by atoms with Crippen molar-refractivity contribution in [2.24, 2.45) is 0 Å². The van der Waals surface area contributed by atoms with E-state index in [1.807, 2.05) is 77.7 Å². The molecule has 1 fully saturated rings. The molecular formula is C28H24N4O2. The summed E-state index contributed by atoms with van der Waals surface area (Å²) < 4.78 is 6.09.